The SMILES string of the molecule is COc1cc(CCc2ncnc3scc(Cl)c23)ccc1Oc1cc(C(F)(F)F)ccn1. The van der Waals surface area contributed by atoms with E-state index in [1.807, 2.05) is 11.4 Å². The maximum atomic E-state index is 12.9. The summed E-state index contributed by atoms with van der Waals surface area (Å²) in [5, 5.41) is 3.32. The number of ether oxygens (including phenoxy) is 2. The largest absolute Gasteiger partial charge is 0.493 e. The molecule has 0 unspecified atom stereocenters. The molecule has 0 spiro atoms. The summed E-state index contributed by atoms with van der Waals surface area (Å²) in [5.74, 6) is 0.484. The van der Waals surface area contributed by atoms with Crippen LogP contribution in [-0.4, -0.2) is 22.1 Å². The fourth-order valence-corrected chi connectivity index (χ4v) is 4.23. The number of alkyl halides is 3. The second-order valence-corrected chi connectivity index (χ2v) is 7.82. The number of methoxy groups -OCH3 is 1. The van der Waals surface area contributed by atoms with Gasteiger partial charge in [0.25, 0.3) is 0 Å². The maximum Gasteiger partial charge on any atom is 0.416 e. The van der Waals surface area contributed by atoms with Gasteiger partial charge in [0.2, 0.25) is 5.88 Å². The lowest BCUT2D eigenvalue weighted by molar-refractivity contribution is -0.137. The quantitative estimate of drug-likeness (QED) is 0.332. The molecule has 0 aliphatic carbocycles. The van der Waals surface area contributed by atoms with Crippen LogP contribution in [0.15, 0.2) is 48.2 Å². The zero-order valence-electron chi connectivity index (χ0n) is 16.1. The molecule has 0 radical (unpaired) electrons. The molecule has 4 aromatic rings. The van der Waals surface area contributed by atoms with Crippen molar-refractivity contribution < 1.29 is 22.6 Å². The van der Waals surface area contributed by atoms with E-state index in [9.17, 15) is 13.2 Å². The summed E-state index contributed by atoms with van der Waals surface area (Å²) in [7, 11) is 1.46. The molecule has 0 atom stereocenters. The van der Waals surface area contributed by atoms with Crippen molar-refractivity contribution in [1.82, 2.24) is 15.0 Å². The normalized spacial score (nSPS) is 11.6. The fourth-order valence-electron chi connectivity index (χ4n) is 3.06. The lowest BCUT2D eigenvalue weighted by Crippen LogP contribution is -2.05. The third-order valence-electron chi connectivity index (χ3n) is 4.56. The van der Waals surface area contributed by atoms with Crippen molar-refractivity contribution in [2.75, 3.05) is 7.11 Å². The Bertz CT molecular complexity index is 1230. The molecular formula is C21H15ClF3N3O2S. The zero-order chi connectivity index (χ0) is 22.0. The van der Waals surface area contributed by atoms with Crippen molar-refractivity contribution >= 4 is 33.2 Å². The van der Waals surface area contributed by atoms with Gasteiger partial charge in [-0.05, 0) is 36.6 Å². The van der Waals surface area contributed by atoms with Crippen molar-refractivity contribution in [3.05, 3.63) is 70.1 Å². The van der Waals surface area contributed by atoms with Gasteiger partial charge in [-0.25, -0.2) is 15.0 Å². The molecule has 31 heavy (non-hydrogen) atoms. The molecule has 0 saturated heterocycles. The number of benzene rings is 1. The topological polar surface area (TPSA) is 57.1 Å². The smallest absolute Gasteiger partial charge is 0.416 e. The van der Waals surface area contributed by atoms with Crippen LogP contribution >= 0.6 is 22.9 Å². The summed E-state index contributed by atoms with van der Waals surface area (Å²) in [4.78, 5) is 13.3. The zero-order valence-corrected chi connectivity index (χ0v) is 17.7. The molecule has 160 valence electrons. The van der Waals surface area contributed by atoms with Crippen molar-refractivity contribution in [2.45, 2.75) is 19.0 Å². The highest BCUT2D eigenvalue weighted by Gasteiger charge is 2.31. The van der Waals surface area contributed by atoms with Gasteiger partial charge in [0, 0.05) is 17.6 Å². The molecule has 1 aromatic carbocycles. The van der Waals surface area contributed by atoms with E-state index in [0.29, 0.717) is 23.6 Å². The molecule has 0 saturated carbocycles. The first-order valence-electron chi connectivity index (χ1n) is 9.09. The predicted octanol–water partition coefficient (Wildman–Crippen LogP) is 6.34. The number of nitrogens with zero attached hydrogens (tertiary/aromatic N) is 3. The number of halogens is 4. The Morgan fingerprint density at radius 2 is 1.87 bits per heavy atom. The van der Waals surface area contributed by atoms with Crippen molar-refractivity contribution in [3.63, 3.8) is 0 Å². The lowest BCUT2D eigenvalue weighted by Gasteiger charge is -2.13. The Hall–Kier alpha value is -2.91. The molecule has 0 fully saturated rings. The first kappa shape index (κ1) is 21.3. The van der Waals surface area contributed by atoms with Crippen LogP contribution in [0, 0.1) is 0 Å². The monoisotopic (exact) mass is 465 g/mol. The fraction of sp³-hybridized carbons (Fsp3) is 0.190. The van der Waals surface area contributed by atoms with Crippen LogP contribution in [0.1, 0.15) is 16.8 Å². The predicted molar refractivity (Wildman–Crippen MR) is 112 cm³/mol. The minimum atomic E-state index is -4.48. The molecule has 5 nitrogen and oxygen atoms in total. The second-order valence-electron chi connectivity index (χ2n) is 6.55. The van der Waals surface area contributed by atoms with Gasteiger partial charge in [-0.2, -0.15) is 13.2 Å². The van der Waals surface area contributed by atoms with Crippen LogP contribution in [0.3, 0.4) is 0 Å². The van der Waals surface area contributed by atoms with E-state index in [0.717, 1.165) is 39.8 Å². The Labute approximate surface area is 184 Å². The summed E-state index contributed by atoms with van der Waals surface area (Å²) in [6, 6.07) is 6.97. The number of hydrogen-bond donors (Lipinski definition) is 0. The van der Waals surface area contributed by atoms with Crippen LogP contribution in [0.4, 0.5) is 13.2 Å². The lowest BCUT2D eigenvalue weighted by atomic mass is 10.1. The summed E-state index contributed by atoms with van der Waals surface area (Å²) >= 11 is 7.73. The first-order valence-corrected chi connectivity index (χ1v) is 10.4. The van der Waals surface area contributed by atoms with E-state index in [1.165, 1.54) is 24.8 Å². The number of fused-ring (bicyclic) bond motifs is 1. The van der Waals surface area contributed by atoms with E-state index in [1.54, 1.807) is 12.1 Å². The summed E-state index contributed by atoms with van der Waals surface area (Å²) in [6.45, 7) is 0. The van der Waals surface area contributed by atoms with Gasteiger partial charge in [0.15, 0.2) is 11.5 Å². The number of rotatable bonds is 6. The van der Waals surface area contributed by atoms with E-state index in [4.69, 9.17) is 21.1 Å². The van der Waals surface area contributed by atoms with Gasteiger partial charge < -0.3 is 9.47 Å². The molecule has 0 aliphatic rings. The number of aromatic nitrogens is 3. The number of pyridine rings is 1. The Morgan fingerprint density at radius 3 is 2.65 bits per heavy atom. The molecule has 4 rings (SSSR count). The third-order valence-corrected chi connectivity index (χ3v) is 5.87. The Morgan fingerprint density at radius 1 is 1.03 bits per heavy atom. The van der Waals surface area contributed by atoms with Crippen LogP contribution in [-0.2, 0) is 19.0 Å². The number of aryl methyl sites for hydroxylation is 2. The van der Waals surface area contributed by atoms with Gasteiger partial charge in [-0.3, -0.25) is 0 Å². The minimum absolute atomic E-state index is 0.170. The number of hydrogen-bond acceptors (Lipinski definition) is 6. The Kier molecular flexibility index (Phi) is 5.97. The molecular weight excluding hydrogens is 451 g/mol. The minimum Gasteiger partial charge on any atom is -0.493 e. The second kappa shape index (κ2) is 8.68. The molecule has 0 aliphatic heterocycles. The average molecular weight is 466 g/mol. The molecule has 0 amide bonds. The number of thiophene rings is 1. The van der Waals surface area contributed by atoms with E-state index in [-0.39, 0.29) is 11.6 Å². The van der Waals surface area contributed by atoms with Crippen molar-refractivity contribution in [3.8, 4) is 17.4 Å². The summed E-state index contributed by atoms with van der Waals surface area (Å²) < 4.78 is 49.6. The molecule has 3 aromatic heterocycles. The van der Waals surface area contributed by atoms with E-state index >= 15 is 0 Å². The molecule has 10 heteroatoms. The van der Waals surface area contributed by atoms with Gasteiger partial charge in [-0.15, -0.1) is 11.3 Å². The highest BCUT2D eigenvalue weighted by atomic mass is 35.5. The van der Waals surface area contributed by atoms with Gasteiger partial charge in [-0.1, -0.05) is 17.7 Å². The standard InChI is InChI=1S/C21H15ClF3N3O2S/c1-29-17-8-12(2-4-15-19-14(22)10-31-20(19)28-11-27-15)3-5-16(17)30-18-9-13(6-7-26-18)21(23,24)25/h3,5-11H,2,4H2,1H3. The van der Waals surface area contributed by atoms with Crippen molar-refractivity contribution in [1.29, 1.82) is 0 Å². The van der Waals surface area contributed by atoms with Crippen LogP contribution in [0.25, 0.3) is 10.2 Å². The van der Waals surface area contributed by atoms with Crippen LogP contribution in [0.5, 0.6) is 17.4 Å². The van der Waals surface area contributed by atoms with Gasteiger partial charge in [0.1, 0.15) is 11.2 Å². The van der Waals surface area contributed by atoms with Crippen molar-refractivity contribution in [2.24, 2.45) is 0 Å². The Balaban J connectivity index is 1.52. The molecule has 3 heterocycles. The van der Waals surface area contributed by atoms with E-state index < -0.39 is 11.7 Å². The van der Waals surface area contributed by atoms with Crippen LogP contribution in [0.2, 0.25) is 5.02 Å². The average Bonchev–Trinajstić information content (AvgIpc) is 3.14. The highest BCUT2D eigenvalue weighted by molar-refractivity contribution is 7.17. The van der Waals surface area contributed by atoms with Gasteiger partial charge >= 0.3 is 6.18 Å². The van der Waals surface area contributed by atoms with Crippen LogP contribution < -0.4 is 9.47 Å². The summed E-state index contributed by atoms with van der Waals surface area (Å²) in [5.41, 5.74) is 0.958. The van der Waals surface area contributed by atoms with Gasteiger partial charge in [0.05, 0.1) is 28.8 Å². The maximum absolute atomic E-state index is 12.9. The summed E-state index contributed by atoms with van der Waals surface area (Å²) in [6.07, 6.45) is -0.626. The molecule has 0 bridgehead atoms. The van der Waals surface area contributed by atoms with E-state index in [2.05, 4.69) is 15.0 Å². The third kappa shape index (κ3) is 4.72. The highest BCUT2D eigenvalue weighted by Crippen LogP contribution is 2.35. The first-order chi connectivity index (χ1) is 14.8. The molecule has 0 N–H and O–H groups in total.